The summed E-state index contributed by atoms with van der Waals surface area (Å²) in [6.07, 6.45) is 8.00. The molecule has 0 spiro atoms. The summed E-state index contributed by atoms with van der Waals surface area (Å²) < 4.78 is 16.6. The number of carbonyl (C=O) groups excluding carboxylic acids is 1. The fourth-order valence-electron chi connectivity index (χ4n) is 4.17. The summed E-state index contributed by atoms with van der Waals surface area (Å²) in [6.45, 7) is 1.83. The van der Waals surface area contributed by atoms with E-state index in [1.807, 2.05) is 6.92 Å². The standard InChI is InChI=1S/C25H30N6O4/c1-15(30-25(32)31-16-8-9-23(27-13-16)35-17-6-4-5-7-17)10-19(26)24-18-11-21(33-2)22(34-3)12-20(18)28-14-29-24/h8-9,11-15,17,26H,4-7,10H2,1-3H3,(H2,30,31,32). The highest BCUT2D eigenvalue weighted by atomic mass is 16.5. The average Bonchev–Trinajstić information content (AvgIpc) is 3.36. The van der Waals surface area contributed by atoms with Gasteiger partial charge in [0, 0.05) is 30.0 Å². The van der Waals surface area contributed by atoms with Crippen LogP contribution < -0.4 is 24.8 Å². The van der Waals surface area contributed by atoms with E-state index in [1.54, 1.807) is 44.7 Å². The molecule has 10 heteroatoms. The molecule has 2 aromatic heterocycles. The maximum absolute atomic E-state index is 12.5. The largest absolute Gasteiger partial charge is 0.493 e. The van der Waals surface area contributed by atoms with Crippen molar-refractivity contribution in [2.24, 2.45) is 0 Å². The molecule has 0 saturated heterocycles. The fraction of sp³-hybridized carbons (Fsp3) is 0.400. The predicted molar refractivity (Wildman–Crippen MR) is 133 cm³/mol. The minimum atomic E-state index is -0.379. The van der Waals surface area contributed by atoms with E-state index in [9.17, 15) is 4.79 Å². The van der Waals surface area contributed by atoms with Crippen molar-refractivity contribution < 1.29 is 19.0 Å². The molecular formula is C25H30N6O4. The molecule has 0 radical (unpaired) electrons. The molecule has 1 fully saturated rings. The van der Waals surface area contributed by atoms with Crippen molar-refractivity contribution in [3.05, 3.63) is 42.5 Å². The van der Waals surface area contributed by atoms with Crippen LogP contribution in [-0.4, -0.2) is 53.1 Å². The zero-order chi connectivity index (χ0) is 24.8. The fourth-order valence-corrected chi connectivity index (χ4v) is 4.17. The van der Waals surface area contributed by atoms with E-state index >= 15 is 0 Å². The number of pyridine rings is 1. The van der Waals surface area contributed by atoms with Gasteiger partial charge in [-0.15, -0.1) is 0 Å². The molecule has 0 bridgehead atoms. The summed E-state index contributed by atoms with van der Waals surface area (Å²) in [5.41, 5.74) is 1.95. The lowest BCUT2D eigenvalue weighted by molar-refractivity contribution is 0.201. The summed E-state index contributed by atoms with van der Waals surface area (Å²) in [7, 11) is 3.11. The molecule has 1 aliphatic rings. The Balaban J connectivity index is 1.35. The van der Waals surface area contributed by atoms with E-state index in [2.05, 4.69) is 25.6 Å². The van der Waals surface area contributed by atoms with Crippen molar-refractivity contribution in [2.45, 2.75) is 51.2 Å². The number of amides is 2. The summed E-state index contributed by atoms with van der Waals surface area (Å²) in [5, 5.41) is 14.9. The number of carbonyl (C=O) groups is 1. The van der Waals surface area contributed by atoms with Crippen molar-refractivity contribution in [1.82, 2.24) is 20.3 Å². The zero-order valence-corrected chi connectivity index (χ0v) is 20.1. The second-order valence-electron chi connectivity index (χ2n) is 8.54. The topological polar surface area (TPSA) is 131 Å². The molecule has 2 heterocycles. The molecule has 1 saturated carbocycles. The summed E-state index contributed by atoms with van der Waals surface area (Å²) in [4.78, 5) is 25.3. The number of nitrogens with one attached hydrogen (secondary N) is 3. The van der Waals surface area contributed by atoms with Crippen LogP contribution in [0.5, 0.6) is 17.4 Å². The maximum Gasteiger partial charge on any atom is 0.319 e. The summed E-state index contributed by atoms with van der Waals surface area (Å²) in [6, 6.07) is 6.34. The van der Waals surface area contributed by atoms with Gasteiger partial charge < -0.3 is 30.3 Å². The third kappa shape index (κ3) is 5.95. The first kappa shape index (κ1) is 24.2. The van der Waals surface area contributed by atoms with Gasteiger partial charge in [0.05, 0.1) is 43.0 Å². The van der Waals surface area contributed by atoms with E-state index in [1.165, 1.54) is 19.2 Å². The van der Waals surface area contributed by atoms with Gasteiger partial charge >= 0.3 is 6.03 Å². The van der Waals surface area contributed by atoms with Gasteiger partial charge in [0.2, 0.25) is 5.88 Å². The molecule has 10 nitrogen and oxygen atoms in total. The number of hydrogen-bond donors (Lipinski definition) is 3. The quantitative estimate of drug-likeness (QED) is 0.390. The lowest BCUT2D eigenvalue weighted by Gasteiger charge is -2.16. The van der Waals surface area contributed by atoms with Crippen molar-refractivity contribution in [2.75, 3.05) is 19.5 Å². The van der Waals surface area contributed by atoms with E-state index < -0.39 is 0 Å². The Morgan fingerprint density at radius 2 is 1.86 bits per heavy atom. The van der Waals surface area contributed by atoms with Gasteiger partial charge in [0.25, 0.3) is 0 Å². The minimum absolute atomic E-state index is 0.232. The van der Waals surface area contributed by atoms with Crippen LogP contribution >= 0.6 is 0 Å². The van der Waals surface area contributed by atoms with Gasteiger partial charge in [-0.3, -0.25) is 0 Å². The number of hydrogen-bond acceptors (Lipinski definition) is 8. The number of fused-ring (bicyclic) bond motifs is 1. The lowest BCUT2D eigenvalue weighted by Crippen LogP contribution is -2.37. The average molecular weight is 479 g/mol. The van der Waals surface area contributed by atoms with E-state index in [0.29, 0.717) is 39.7 Å². The van der Waals surface area contributed by atoms with Crippen LogP contribution in [0.2, 0.25) is 0 Å². The molecule has 0 aliphatic heterocycles. The van der Waals surface area contributed by atoms with Gasteiger partial charge in [0.15, 0.2) is 11.5 Å². The van der Waals surface area contributed by atoms with Gasteiger partial charge in [-0.2, -0.15) is 0 Å². The SMILES string of the molecule is COc1cc2ncnc(C(=N)CC(C)NC(=O)Nc3ccc(OC4CCCC4)nc3)c2cc1OC. The van der Waals surface area contributed by atoms with Crippen molar-refractivity contribution in [3.8, 4) is 17.4 Å². The number of nitrogens with zero attached hydrogens (tertiary/aromatic N) is 3. The molecule has 1 aliphatic carbocycles. The second-order valence-corrected chi connectivity index (χ2v) is 8.54. The Hall–Kier alpha value is -3.95. The third-order valence-electron chi connectivity index (χ3n) is 5.90. The van der Waals surface area contributed by atoms with Crippen LogP contribution in [0.25, 0.3) is 10.9 Å². The van der Waals surface area contributed by atoms with Gasteiger partial charge in [-0.1, -0.05) is 0 Å². The highest BCUT2D eigenvalue weighted by Gasteiger charge is 2.18. The Morgan fingerprint density at radius 3 is 2.54 bits per heavy atom. The van der Waals surface area contributed by atoms with E-state index in [0.717, 1.165) is 12.8 Å². The first-order chi connectivity index (χ1) is 17.0. The normalized spacial score (nSPS) is 14.4. The second kappa shape index (κ2) is 11.0. The molecular weight excluding hydrogens is 448 g/mol. The van der Waals surface area contributed by atoms with Crippen LogP contribution in [0.3, 0.4) is 0 Å². The van der Waals surface area contributed by atoms with Crippen molar-refractivity contribution in [1.29, 1.82) is 5.41 Å². The third-order valence-corrected chi connectivity index (χ3v) is 5.90. The molecule has 3 N–H and O–H groups in total. The van der Waals surface area contributed by atoms with Crippen molar-refractivity contribution in [3.63, 3.8) is 0 Å². The smallest absolute Gasteiger partial charge is 0.319 e. The summed E-state index contributed by atoms with van der Waals surface area (Å²) >= 11 is 0. The maximum atomic E-state index is 12.5. The van der Waals surface area contributed by atoms with Gasteiger partial charge in [0.1, 0.15) is 12.4 Å². The summed E-state index contributed by atoms with van der Waals surface area (Å²) in [5.74, 6) is 1.65. The molecule has 1 unspecified atom stereocenters. The van der Waals surface area contributed by atoms with Gasteiger partial charge in [-0.25, -0.2) is 19.7 Å². The number of benzene rings is 1. The number of ether oxygens (including phenoxy) is 3. The predicted octanol–water partition coefficient (Wildman–Crippen LogP) is 4.33. The van der Waals surface area contributed by atoms with Crippen LogP contribution in [0.1, 0.15) is 44.7 Å². The molecule has 2 amide bonds. The number of methoxy groups -OCH3 is 2. The highest BCUT2D eigenvalue weighted by Crippen LogP contribution is 2.32. The molecule has 35 heavy (non-hydrogen) atoms. The molecule has 1 aromatic carbocycles. The molecule has 1 atom stereocenters. The lowest BCUT2D eigenvalue weighted by atomic mass is 10.0. The Kier molecular flexibility index (Phi) is 7.59. The minimum Gasteiger partial charge on any atom is -0.493 e. The number of anilines is 1. The monoisotopic (exact) mass is 478 g/mol. The number of aromatic nitrogens is 3. The Labute approximate surface area is 203 Å². The first-order valence-electron chi connectivity index (χ1n) is 11.6. The van der Waals surface area contributed by atoms with Crippen LogP contribution in [0.4, 0.5) is 10.5 Å². The number of urea groups is 1. The molecule has 3 aromatic rings. The van der Waals surface area contributed by atoms with E-state index in [4.69, 9.17) is 19.6 Å². The Morgan fingerprint density at radius 1 is 1.11 bits per heavy atom. The highest BCUT2D eigenvalue weighted by molar-refractivity contribution is 6.07. The van der Waals surface area contributed by atoms with Gasteiger partial charge in [-0.05, 0) is 44.7 Å². The Bertz CT molecular complexity index is 1190. The van der Waals surface area contributed by atoms with Crippen LogP contribution in [0.15, 0.2) is 36.8 Å². The first-order valence-corrected chi connectivity index (χ1v) is 11.6. The van der Waals surface area contributed by atoms with Crippen molar-refractivity contribution >= 4 is 28.3 Å². The zero-order valence-electron chi connectivity index (χ0n) is 20.1. The van der Waals surface area contributed by atoms with Crippen LogP contribution in [-0.2, 0) is 0 Å². The van der Waals surface area contributed by atoms with Crippen LogP contribution in [0, 0.1) is 5.41 Å². The number of rotatable bonds is 9. The molecule has 4 rings (SSSR count). The molecule has 184 valence electrons. The van der Waals surface area contributed by atoms with E-state index in [-0.39, 0.29) is 30.3 Å².